The minimum atomic E-state index is -3.60. The summed E-state index contributed by atoms with van der Waals surface area (Å²) in [7, 11) is -3.60. The van der Waals surface area contributed by atoms with Crippen molar-refractivity contribution in [1.29, 1.82) is 0 Å². The molecule has 1 aromatic rings. The molecular formula is C20H30N2O4S. The van der Waals surface area contributed by atoms with Gasteiger partial charge < -0.3 is 4.74 Å². The number of carbonyl (C=O) groups is 1. The highest BCUT2D eigenvalue weighted by atomic mass is 32.2. The molecule has 0 unspecified atom stereocenters. The number of hydrogen-bond donors (Lipinski definition) is 0. The van der Waals surface area contributed by atoms with E-state index in [9.17, 15) is 13.2 Å². The Morgan fingerprint density at radius 3 is 2.48 bits per heavy atom. The fraction of sp³-hybridized carbons (Fsp3) is 0.650. The highest BCUT2D eigenvalue weighted by molar-refractivity contribution is 7.86. The molecule has 0 spiro atoms. The molecule has 0 radical (unpaired) electrons. The number of carbonyl (C=O) groups excluding carboxylic acids is 1. The summed E-state index contributed by atoms with van der Waals surface area (Å²) >= 11 is 0. The Kier molecular flexibility index (Phi) is 6.89. The molecule has 0 aromatic heterocycles. The van der Waals surface area contributed by atoms with Gasteiger partial charge in [0.25, 0.3) is 10.2 Å². The monoisotopic (exact) mass is 394 g/mol. The van der Waals surface area contributed by atoms with Crippen LogP contribution in [-0.2, 0) is 26.2 Å². The number of benzene rings is 1. The predicted molar refractivity (Wildman–Crippen MR) is 104 cm³/mol. The first-order chi connectivity index (χ1) is 13.0. The summed E-state index contributed by atoms with van der Waals surface area (Å²) in [5.74, 6) is 0.132. The normalized spacial score (nSPS) is 22.8. The zero-order valence-corrected chi connectivity index (χ0v) is 16.9. The molecule has 27 heavy (non-hydrogen) atoms. The Bertz CT molecular complexity index is 715. The van der Waals surface area contributed by atoms with Gasteiger partial charge in [0.1, 0.15) is 6.04 Å². The van der Waals surface area contributed by atoms with Gasteiger partial charge in [-0.1, -0.05) is 30.3 Å². The molecule has 6 nitrogen and oxygen atoms in total. The number of piperidine rings is 1. The summed E-state index contributed by atoms with van der Waals surface area (Å²) in [5.41, 5.74) is 1.34. The van der Waals surface area contributed by atoms with Crippen LogP contribution in [-0.4, -0.2) is 55.3 Å². The van der Waals surface area contributed by atoms with Crippen molar-refractivity contribution in [2.45, 2.75) is 51.5 Å². The molecule has 150 valence electrons. The van der Waals surface area contributed by atoms with Gasteiger partial charge in [0.05, 0.1) is 6.61 Å². The third kappa shape index (κ3) is 4.89. The third-order valence-corrected chi connectivity index (χ3v) is 7.69. The van der Waals surface area contributed by atoms with Crippen molar-refractivity contribution >= 4 is 16.2 Å². The van der Waals surface area contributed by atoms with Crippen LogP contribution in [0.2, 0.25) is 0 Å². The number of hydrogen-bond acceptors (Lipinski definition) is 4. The van der Waals surface area contributed by atoms with Crippen molar-refractivity contribution < 1.29 is 17.9 Å². The molecule has 0 bridgehead atoms. The number of rotatable bonds is 7. The van der Waals surface area contributed by atoms with Crippen molar-refractivity contribution in [3.63, 3.8) is 0 Å². The van der Waals surface area contributed by atoms with E-state index in [-0.39, 0.29) is 6.61 Å². The van der Waals surface area contributed by atoms with Crippen LogP contribution >= 0.6 is 0 Å². The summed E-state index contributed by atoms with van der Waals surface area (Å²) in [4.78, 5) is 12.1. The van der Waals surface area contributed by atoms with Crippen LogP contribution in [0, 0.1) is 5.92 Å². The molecule has 0 N–H and O–H groups in total. The summed E-state index contributed by atoms with van der Waals surface area (Å²) in [5, 5.41) is 0. The maximum Gasteiger partial charge on any atom is 0.324 e. The van der Waals surface area contributed by atoms with Crippen LogP contribution in [0.3, 0.4) is 0 Å². The van der Waals surface area contributed by atoms with Gasteiger partial charge >= 0.3 is 5.97 Å². The minimum Gasteiger partial charge on any atom is -0.465 e. The maximum atomic E-state index is 13.0. The van der Waals surface area contributed by atoms with Crippen LogP contribution in [0.1, 0.15) is 44.6 Å². The van der Waals surface area contributed by atoms with Gasteiger partial charge in [-0.15, -0.1) is 0 Å². The molecule has 0 amide bonds. The summed E-state index contributed by atoms with van der Waals surface area (Å²) < 4.78 is 34.1. The first kappa shape index (κ1) is 20.3. The zero-order valence-electron chi connectivity index (χ0n) is 16.0. The Morgan fingerprint density at radius 1 is 1.11 bits per heavy atom. The van der Waals surface area contributed by atoms with Gasteiger partial charge in [0, 0.05) is 19.6 Å². The smallest absolute Gasteiger partial charge is 0.324 e. The average molecular weight is 395 g/mol. The molecule has 1 atom stereocenters. The zero-order chi connectivity index (χ0) is 19.3. The van der Waals surface area contributed by atoms with Gasteiger partial charge in [-0.05, 0) is 56.9 Å². The topological polar surface area (TPSA) is 66.9 Å². The second kappa shape index (κ2) is 9.17. The molecule has 1 aromatic carbocycles. The van der Waals surface area contributed by atoms with Crippen LogP contribution in [0.15, 0.2) is 30.3 Å². The number of aryl methyl sites for hydroxylation is 1. The summed E-state index contributed by atoms with van der Waals surface area (Å²) in [6, 6.07) is 9.76. The molecule has 0 saturated carbocycles. The molecule has 7 heteroatoms. The first-order valence-corrected chi connectivity index (χ1v) is 11.4. The fourth-order valence-electron chi connectivity index (χ4n) is 4.08. The molecule has 2 aliphatic rings. The third-order valence-electron chi connectivity index (χ3n) is 5.64. The lowest BCUT2D eigenvalue weighted by Crippen LogP contribution is -2.50. The fourth-order valence-corrected chi connectivity index (χ4v) is 5.92. The summed E-state index contributed by atoms with van der Waals surface area (Å²) in [6.45, 7) is 3.49. The van der Waals surface area contributed by atoms with Gasteiger partial charge in [0.15, 0.2) is 0 Å². The lowest BCUT2D eigenvalue weighted by Gasteiger charge is -2.35. The predicted octanol–water partition coefficient (Wildman–Crippen LogP) is 2.60. The van der Waals surface area contributed by atoms with Crippen molar-refractivity contribution in [2.24, 2.45) is 5.92 Å². The Labute approximate surface area is 162 Å². The number of nitrogens with zero attached hydrogens (tertiary/aromatic N) is 2. The van der Waals surface area contributed by atoms with E-state index in [0.29, 0.717) is 38.4 Å². The van der Waals surface area contributed by atoms with Crippen LogP contribution in [0.4, 0.5) is 0 Å². The van der Waals surface area contributed by atoms with Gasteiger partial charge in [-0.3, -0.25) is 4.79 Å². The highest BCUT2D eigenvalue weighted by Gasteiger charge is 2.43. The second-order valence-electron chi connectivity index (χ2n) is 7.40. The van der Waals surface area contributed by atoms with Crippen LogP contribution in [0.5, 0.6) is 0 Å². The molecular weight excluding hydrogens is 364 g/mol. The van der Waals surface area contributed by atoms with Crippen molar-refractivity contribution in [1.82, 2.24) is 8.61 Å². The van der Waals surface area contributed by atoms with Gasteiger partial charge in [-0.2, -0.15) is 17.0 Å². The maximum absolute atomic E-state index is 13.0. The van der Waals surface area contributed by atoms with Crippen molar-refractivity contribution in [3.05, 3.63) is 35.9 Å². The standard InChI is InChI=1S/C20H30N2O4S/c1-2-26-20(23)19-9-6-14-22(19)27(24,25)21-15-12-18(13-16-21)11-10-17-7-4-3-5-8-17/h3-5,7-8,18-19H,2,6,9-16H2,1H3/t19-/m1/s1. The van der Waals surface area contributed by atoms with E-state index in [4.69, 9.17) is 4.74 Å². The quantitative estimate of drug-likeness (QED) is 0.667. The molecule has 2 heterocycles. The molecule has 2 saturated heterocycles. The summed E-state index contributed by atoms with van der Waals surface area (Å²) in [6.07, 6.45) is 5.14. The van der Waals surface area contributed by atoms with E-state index in [0.717, 1.165) is 25.7 Å². The Morgan fingerprint density at radius 2 is 1.81 bits per heavy atom. The highest BCUT2D eigenvalue weighted by Crippen LogP contribution is 2.29. The van der Waals surface area contributed by atoms with Crippen LogP contribution < -0.4 is 0 Å². The lowest BCUT2D eigenvalue weighted by atomic mass is 9.91. The number of ether oxygens (including phenoxy) is 1. The Balaban J connectivity index is 1.54. The SMILES string of the molecule is CCOC(=O)[C@H]1CCCN1S(=O)(=O)N1CCC(CCc2ccccc2)CC1. The second-order valence-corrected chi connectivity index (χ2v) is 9.28. The van der Waals surface area contributed by atoms with E-state index in [2.05, 4.69) is 24.3 Å². The van der Waals surface area contributed by atoms with E-state index >= 15 is 0 Å². The average Bonchev–Trinajstić information content (AvgIpc) is 3.19. The van der Waals surface area contributed by atoms with E-state index < -0.39 is 22.2 Å². The molecule has 2 fully saturated rings. The lowest BCUT2D eigenvalue weighted by molar-refractivity contribution is -0.146. The van der Waals surface area contributed by atoms with Gasteiger partial charge in [-0.25, -0.2) is 0 Å². The minimum absolute atomic E-state index is 0.274. The number of esters is 1. The molecule has 3 rings (SSSR count). The first-order valence-electron chi connectivity index (χ1n) is 10.00. The largest absolute Gasteiger partial charge is 0.465 e. The van der Waals surface area contributed by atoms with Crippen molar-refractivity contribution in [2.75, 3.05) is 26.2 Å². The van der Waals surface area contributed by atoms with E-state index in [1.165, 1.54) is 9.87 Å². The van der Waals surface area contributed by atoms with Crippen molar-refractivity contribution in [3.8, 4) is 0 Å². The van der Waals surface area contributed by atoms with E-state index in [1.807, 2.05) is 6.07 Å². The van der Waals surface area contributed by atoms with E-state index in [1.54, 1.807) is 11.2 Å². The van der Waals surface area contributed by atoms with Crippen LogP contribution in [0.25, 0.3) is 0 Å². The molecule has 2 aliphatic heterocycles. The Hall–Kier alpha value is -1.44. The molecule has 0 aliphatic carbocycles. The van der Waals surface area contributed by atoms with Gasteiger partial charge in [0.2, 0.25) is 0 Å².